The molecule has 1 aliphatic carbocycles. The summed E-state index contributed by atoms with van der Waals surface area (Å²) in [6.45, 7) is 15.0. The van der Waals surface area contributed by atoms with E-state index in [1.54, 1.807) is 18.2 Å². The minimum atomic E-state index is -0.490. The third kappa shape index (κ3) is 6.38. The van der Waals surface area contributed by atoms with E-state index in [1.807, 2.05) is 27.7 Å². The number of halogens is 1. The first-order valence-corrected chi connectivity index (χ1v) is 7.74. The van der Waals surface area contributed by atoms with E-state index in [4.69, 9.17) is 4.74 Å². The van der Waals surface area contributed by atoms with Crippen molar-refractivity contribution in [1.82, 2.24) is 5.32 Å². The first kappa shape index (κ1) is 23.4. The molecule has 0 aromatic carbocycles. The van der Waals surface area contributed by atoms with E-state index >= 15 is 0 Å². The van der Waals surface area contributed by atoms with Crippen molar-refractivity contribution in [3.05, 3.63) is 37.1 Å². The van der Waals surface area contributed by atoms with Crippen LogP contribution < -0.4 is 5.32 Å². The van der Waals surface area contributed by atoms with Crippen LogP contribution in [0.4, 0.5) is 4.39 Å². The highest BCUT2D eigenvalue weighted by atomic mass is 19.1. The fourth-order valence-electron chi connectivity index (χ4n) is 2.27. The first-order valence-electron chi connectivity index (χ1n) is 7.74. The molecule has 0 radical (unpaired) electrons. The Morgan fingerprint density at radius 2 is 1.78 bits per heavy atom. The summed E-state index contributed by atoms with van der Waals surface area (Å²) in [6, 6.07) is 0. The Kier molecular flexibility index (Phi) is 12.8. The Bertz CT molecular complexity index is 424. The third-order valence-electron chi connectivity index (χ3n) is 3.36. The maximum Gasteiger partial charge on any atom is 0.236 e. The number of rotatable bonds is 4. The zero-order chi connectivity index (χ0) is 18.5. The van der Waals surface area contributed by atoms with Crippen molar-refractivity contribution in [2.45, 2.75) is 40.5 Å². The van der Waals surface area contributed by atoms with Crippen molar-refractivity contribution in [2.75, 3.05) is 13.8 Å². The van der Waals surface area contributed by atoms with Gasteiger partial charge in [-0.3, -0.25) is 19.3 Å². The van der Waals surface area contributed by atoms with Crippen LogP contribution in [0.15, 0.2) is 37.1 Å². The number of imide groups is 1. The van der Waals surface area contributed by atoms with E-state index in [0.29, 0.717) is 32.4 Å². The monoisotopic (exact) mass is 327 g/mol. The van der Waals surface area contributed by atoms with Gasteiger partial charge in [0, 0.05) is 5.92 Å². The van der Waals surface area contributed by atoms with Crippen LogP contribution in [0.5, 0.6) is 0 Å². The molecule has 132 valence electrons. The minimum Gasteiger partial charge on any atom is -0.493 e. The summed E-state index contributed by atoms with van der Waals surface area (Å²) >= 11 is 0. The average molecular weight is 327 g/mol. The summed E-state index contributed by atoms with van der Waals surface area (Å²) in [7, 11) is 0.500. The zero-order valence-electron chi connectivity index (χ0n) is 14.9. The number of fused-ring (bicyclic) bond motifs is 2. The highest BCUT2D eigenvalue weighted by Crippen LogP contribution is 2.49. The first-order chi connectivity index (χ1) is 11.0. The second-order valence-corrected chi connectivity index (χ2v) is 4.80. The second kappa shape index (κ2) is 12.6. The van der Waals surface area contributed by atoms with Crippen LogP contribution >= 0.6 is 0 Å². The van der Waals surface area contributed by atoms with E-state index in [0.717, 1.165) is 0 Å². The molecule has 0 aromatic heterocycles. The van der Waals surface area contributed by atoms with E-state index in [2.05, 4.69) is 18.5 Å². The lowest BCUT2D eigenvalue weighted by molar-refractivity contribution is -0.163. The Morgan fingerprint density at radius 3 is 2.13 bits per heavy atom. The molecular weight excluding hydrogens is 297 g/mol. The molecule has 5 heteroatoms. The molecule has 0 unspecified atom stereocenters. The van der Waals surface area contributed by atoms with Crippen molar-refractivity contribution in [2.24, 2.45) is 11.3 Å². The molecule has 2 saturated heterocycles. The van der Waals surface area contributed by atoms with Gasteiger partial charge in [0.1, 0.15) is 12.4 Å². The number of hydrogen-bond acceptors (Lipinski definition) is 3. The van der Waals surface area contributed by atoms with Gasteiger partial charge in [0.05, 0.1) is 12.6 Å². The van der Waals surface area contributed by atoms with E-state index in [-0.39, 0.29) is 17.7 Å². The van der Waals surface area contributed by atoms with Gasteiger partial charge in [0.15, 0.2) is 0 Å². The van der Waals surface area contributed by atoms with Gasteiger partial charge >= 0.3 is 0 Å². The van der Waals surface area contributed by atoms with Crippen molar-refractivity contribution < 1.29 is 18.7 Å². The van der Waals surface area contributed by atoms with E-state index < -0.39 is 5.41 Å². The summed E-state index contributed by atoms with van der Waals surface area (Å²) in [4.78, 5) is 22.9. The summed E-state index contributed by atoms with van der Waals surface area (Å²) in [5, 5.41) is 2.38. The molecule has 3 aliphatic rings. The fraction of sp³-hybridized carbons (Fsp3) is 0.556. The Morgan fingerprint density at radius 1 is 1.30 bits per heavy atom. The number of piperidine rings is 2. The molecule has 3 rings (SSSR count). The van der Waals surface area contributed by atoms with E-state index in [9.17, 15) is 14.0 Å². The SMILES string of the molecule is C=C/C(=C\C)OCC12CC(C1)C(=O)NC2=O.C=CC.CC.CF. The van der Waals surface area contributed by atoms with Crippen LogP contribution in [0.2, 0.25) is 0 Å². The van der Waals surface area contributed by atoms with Gasteiger partial charge in [-0.05, 0) is 38.8 Å². The standard InChI is InChI=1S/C12H15NO3.C3H6.C2H6.CH3F/c1-3-9(4-2)16-7-12-5-8(6-12)10(14)13-11(12)15;1-3-2;2*1-2/h3-4,8H,1,5-7H2,2H3,(H,13,14,15);3H,1H2,2H3;1-2H3;1H3/b9-4+;;;. The van der Waals surface area contributed by atoms with Crippen LogP contribution in [0.25, 0.3) is 0 Å². The molecule has 4 nitrogen and oxygen atoms in total. The Balaban J connectivity index is 0. The average Bonchev–Trinajstić information content (AvgIpc) is 2.53. The smallest absolute Gasteiger partial charge is 0.236 e. The van der Waals surface area contributed by atoms with Crippen LogP contribution in [0.1, 0.15) is 40.5 Å². The van der Waals surface area contributed by atoms with Gasteiger partial charge in [-0.2, -0.15) is 0 Å². The number of carbonyl (C=O) groups excluding carboxylic acids is 2. The van der Waals surface area contributed by atoms with Crippen molar-refractivity contribution in [1.29, 1.82) is 0 Å². The lowest BCUT2D eigenvalue weighted by Gasteiger charge is -2.48. The predicted octanol–water partition coefficient (Wildman–Crippen LogP) is 3.95. The van der Waals surface area contributed by atoms with Crippen LogP contribution in [0.3, 0.4) is 0 Å². The predicted molar refractivity (Wildman–Crippen MR) is 92.5 cm³/mol. The molecule has 2 aliphatic heterocycles. The molecule has 2 amide bonds. The van der Waals surface area contributed by atoms with Crippen LogP contribution in [0, 0.1) is 11.3 Å². The molecule has 1 N–H and O–H groups in total. The largest absolute Gasteiger partial charge is 0.493 e. The second-order valence-electron chi connectivity index (χ2n) is 4.80. The molecule has 0 spiro atoms. The van der Waals surface area contributed by atoms with Crippen molar-refractivity contribution in [3.63, 3.8) is 0 Å². The molecule has 2 heterocycles. The van der Waals surface area contributed by atoms with Crippen molar-refractivity contribution >= 4 is 11.8 Å². The van der Waals surface area contributed by atoms with E-state index in [1.165, 1.54) is 0 Å². The number of ether oxygens (including phenoxy) is 1. The summed E-state index contributed by atoms with van der Waals surface area (Å²) in [6.07, 6.45) is 6.39. The Labute approximate surface area is 139 Å². The maximum absolute atomic E-state index is 11.7. The number of alkyl halides is 1. The molecule has 1 saturated carbocycles. The van der Waals surface area contributed by atoms with Gasteiger partial charge in [-0.15, -0.1) is 6.58 Å². The summed E-state index contributed by atoms with van der Waals surface area (Å²) in [5.41, 5.74) is -0.490. The number of carbonyl (C=O) groups is 2. The molecule has 2 bridgehead atoms. The lowest BCUT2D eigenvalue weighted by atomic mass is 9.59. The minimum absolute atomic E-state index is 0.000845. The highest BCUT2D eigenvalue weighted by molar-refractivity contribution is 6.04. The zero-order valence-corrected chi connectivity index (χ0v) is 14.9. The van der Waals surface area contributed by atoms with Gasteiger partial charge < -0.3 is 4.74 Å². The Hall–Kier alpha value is -1.91. The van der Waals surface area contributed by atoms with Gasteiger partial charge in [-0.25, -0.2) is 0 Å². The van der Waals surface area contributed by atoms with Gasteiger partial charge in [-0.1, -0.05) is 26.5 Å². The van der Waals surface area contributed by atoms with Gasteiger partial charge in [0.25, 0.3) is 0 Å². The van der Waals surface area contributed by atoms with Gasteiger partial charge in [0.2, 0.25) is 11.8 Å². The highest BCUT2D eigenvalue weighted by Gasteiger charge is 2.58. The van der Waals surface area contributed by atoms with Crippen molar-refractivity contribution in [3.8, 4) is 0 Å². The maximum atomic E-state index is 11.7. The molecule has 23 heavy (non-hydrogen) atoms. The number of hydrogen-bond donors (Lipinski definition) is 1. The third-order valence-corrected chi connectivity index (χ3v) is 3.36. The van der Waals surface area contributed by atoms with Crippen LogP contribution in [-0.4, -0.2) is 25.6 Å². The number of amides is 2. The summed E-state index contributed by atoms with van der Waals surface area (Å²) in [5.74, 6) is 0.336. The quantitative estimate of drug-likeness (QED) is 0.368. The topological polar surface area (TPSA) is 55.4 Å². The lowest BCUT2D eigenvalue weighted by Crippen LogP contribution is -2.63. The fourth-order valence-corrected chi connectivity index (χ4v) is 2.27. The summed E-state index contributed by atoms with van der Waals surface area (Å²) < 4.78 is 15.0. The normalized spacial score (nSPS) is 23.9. The molecule has 0 atom stereocenters. The molecule has 3 fully saturated rings. The molecule has 0 aromatic rings. The molecular formula is C18H30FNO3. The van der Waals surface area contributed by atoms with Crippen LogP contribution in [-0.2, 0) is 14.3 Å². The number of allylic oxidation sites excluding steroid dienone is 3. The number of nitrogens with one attached hydrogen (secondary N) is 1.